The van der Waals surface area contributed by atoms with Gasteiger partial charge in [0.25, 0.3) is 0 Å². The number of aliphatic hydroxyl groups excluding tert-OH is 1. The van der Waals surface area contributed by atoms with E-state index in [9.17, 15) is 14.7 Å². The van der Waals surface area contributed by atoms with Gasteiger partial charge in [0, 0.05) is 18.1 Å². The molecule has 2 rings (SSSR count). The molecule has 5 nitrogen and oxygen atoms in total. The third-order valence-corrected chi connectivity index (χ3v) is 7.08. The van der Waals surface area contributed by atoms with Crippen LogP contribution >= 0.6 is 0 Å². The molecule has 172 valence electrons. The largest absolute Gasteiger partial charge is 0.462 e. The molecule has 30 heavy (non-hydrogen) atoms. The normalized spacial score (nSPS) is 27.8. The number of rotatable bonds is 11. The van der Waals surface area contributed by atoms with Gasteiger partial charge in [0.05, 0.1) is 12.5 Å². The summed E-state index contributed by atoms with van der Waals surface area (Å²) in [7, 11) is 0. The average molecular weight is 423 g/mol. The Bertz CT molecular complexity index is 542. The third-order valence-electron chi connectivity index (χ3n) is 7.08. The van der Waals surface area contributed by atoms with Crippen LogP contribution in [0.4, 0.5) is 0 Å². The smallest absolute Gasteiger partial charge is 0.333 e. The van der Waals surface area contributed by atoms with E-state index >= 15 is 0 Å². The molecule has 2 aliphatic rings. The first-order valence-corrected chi connectivity index (χ1v) is 12.1. The van der Waals surface area contributed by atoms with Crippen LogP contribution in [-0.4, -0.2) is 36.4 Å². The molecule has 5 heteroatoms. The number of hydrogen-bond donors (Lipinski definition) is 1. The average Bonchev–Trinajstić information content (AvgIpc) is 2.75. The Morgan fingerprint density at radius 2 is 1.70 bits per heavy atom. The van der Waals surface area contributed by atoms with Gasteiger partial charge in [0.2, 0.25) is 0 Å². The van der Waals surface area contributed by atoms with Crippen LogP contribution in [0, 0.1) is 23.7 Å². The Morgan fingerprint density at radius 3 is 2.27 bits per heavy atom. The molecular formula is C25H42O5. The van der Waals surface area contributed by atoms with Crippen molar-refractivity contribution < 1.29 is 24.2 Å². The maximum absolute atomic E-state index is 12.6. The highest BCUT2D eigenvalue weighted by Crippen LogP contribution is 2.35. The first-order chi connectivity index (χ1) is 14.4. The van der Waals surface area contributed by atoms with Gasteiger partial charge in [-0.2, -0.15) is 0 Å². The summed E-state index contributed by atoms with van der Waals surface area (Å²) in [5.41, 5.74) is 0.373. The lowest BCUT2D eigenvalue weighted by Crippen LogP contribution is -2.33. The molecule has 0 bridgehead atoms. The molecule has 0 amide bonds. The van der Waals surface area contributed by atoms with Crippen molar-refractivity contribution in [1.82, 2.24) is 0 Å². The summed E-state index contributed by atoms with van der Waals surface area (Å²) in [6, 6.07) is 0. The molecule has 0 aromatic carbocycles. The predicted octanol–water partition coefficient (Wildman–Crippen LogP) is 5.20. The molecule has 0 saturated heterocycles. The van der Waals surface area contributed by atoms with E-state index in [0.29, 0.717) is 11.5 Å². The standard InChI is InChI=1S/C25H42O5/c1-4-5-6-7-19-8-10-21(11-9-19)25(28)30-23-14-12-20(13-15-23)22(16-26)17-29-24(27)18(2)3/h19-23,26H,2,4-17H2,1,3H3. The number of carbonyl (C=O) groups excluding carboxylic acids is 2. The minimum Gasteiger partial charge on any atom is -0.462 e. The molecule has 1 N–H and O–H groups in total. The van der Waals surface area contributed by atoms with Crippen LogP contribution in [0.5, 0.6) is 0 Å². The second-order valence-corrected chi connectivity index (χ2v) is 9.51. The monoisotopic (exact) mass is 422 g/mol. The molecular weight excluding hydrogens is 380 g/mol. The van der Waals surface area contributed by atoms with Crippen LogP contribution in [0.15, 0.2) is 12.2 Å². The van der Waals surface area contributed by atoms with E-state index in [1.165, 1.54) is 25.7 Å². The first kappa shape index (κ1) is 24.9. The quantitative estimate of drug-likeness (QED) is 0.281. The fourth-order valence-corrected chi connectivity index (χ4v) is 4.95. The van der Waals surface area contributed by atoms with Crippen LogP contribution in [0.2, 0.25) is 0 Å². The van der Waals surface area contributed by atoms with E-state index in [1.807, 2.05) is 0 Å². The minimum absolute atomic E-state index is 0.0000876. The zero-order valence-corrected chi connectivity index (χ0v) is 19.1. The fourth-order valence-electron chi connectivity index (χ4n) is 4.95. The highest BCUT2D eigenvalue weighted by Gasteiger charge is 2.32. The topological polar surface area (TPSA) is 72.8 Å². The van der Waals surface area contributed by atoms with Gasteiger partial charge >= 0.3 is 11.9 Å². The van der Waals surface area contributed by atoms with E-state index in [0.717, 1.165) is 57.3 Å². The van der Waals surface area contributed by atoms with Gasteiger partial charge in [0.1, 0.15) is 6.10 Å². The van der Waals surface area contributed by atoms with Crippen molar-refractivity contribution in [2.45, 2.75) is 97.0 Å². The molecule has 2 fully saturated rings. The van der Waals surface area contributed by atoms with Crippen molar-refractivity contribution in [2.24, 2.45) is 23.7 Å². The second-order valence-electron chi connectivity index (χ2n) is 9.51. The molecule has 2 aliphatic carbocycles. The SMILES string of the molecule is C=C(C)C(=O)OCC(CO)C1CCC(OC(=O)C2CCC(CCCCC)CC2)CC1. The predicted molar refractivity (Wildman–Crippen MR) is 118 cm³/mol. The van der Waals surface area contributed by atoms with Crippen LogP contribution in [0.3, 0.4) is 0 Å². The van der Waals surface area contributed by atoms with Crippen molar-refractivity contribution in [3.05, 3.63) is 12.2 Å². The zero-order valence-electron chi connectivity index (χ0n) is 19.1. The van der Waals surface area contributed by atoms with E-state index in [4.69, 9.17) is 9.47 Å². The van der Waals surface area contributed by atoms with Crippen molar-refractivity contribution in [2.75, 3.05) is 13.2 Å². The molecule has 0 aromatic heterocycles. The van der Waals surface area contributed by atoms with Gasteiger partial charge in [0.15, 0.2) is 0 Å². The molecule has 0 aliphatic heterocycles. The van der Waals surface area contributed by atoms with Gasteiger partial charge in [-0.3, -0.25) is 4.79 Å². The van der Waals surface area contributed by atoms with Crippen LogP contribution in [-0.2, 0) is 19.1 Å². The summed E-state index contributed by atoms with van der Waals surface area (Å²) < 4.78 is 11.1. The maximum Gasteiger partial charge on any atom is 0.333 e. The summed E-state index contributed by atoms with van der Waals surface area (Å²) in [5, 5.41) is 9.70. The summed E-state index contributed by atoms with van der Waals surface area (Å²) in [6.07, 6.45) is 12.9. The van der Waals surface area contributed by atoms with Crippen molar-refractivity contribution in [3.63, 3.8) is 0 Å². The second kappa shape index (κ2) is 13.1. The maximum atomic E-state index is 12.6. The molecule has 0 heterocycles. The van der Waals surface area contributed by atoms with Crippen molar-refractivity contribution in [1.29, 1.82) is 0 Å². The molecule has 1 unspecified atom stereocenters. The van der Waals surface area contributed by atoms with Gasteiger partial charge < -0.3 is 14.6 Å². The Hall–Kier alpha value is -1.36. The number of ether oxygens (including phenoxy) is 2. The molecule has 0 spiro atoms. The molecule has 2 saturated carbocycles. The summed E-state index contributed by atoms with van der Waals surface area (Å²) in [4.78, 5) is 24.2. The van der Waals surface area contributed by atoms with E-state index in [-0.39, 0.29) is 37.1 Å². The lowest BCUT2D eigenvalue weighted by atomic mass is 9.79. The number of unbranched alkanes of at least 4 members (excludes halogenated alkanes) is 2. The third kappa shape index (κ3) is 8.05. The van der Waals surface area contributed by atoms with E-state index in [1.54, 1.807) is 6.92 Å². The minimum atomic E-state index is -0.406. The first-order valence-electron chi connectivity index (χ1n) is 12.1. The van der Waals surface area contributed by atoms with Crippen molar-refractivity contribution >= 4 is 11.9 Å². The molecule has 1 atom stereocenters. The van der Waals surface area contributed by atoms with Gasteiger partial charge in [-0.15, -0.1) is 0 Å². The van der Waals surface area contributed by atoms with Crippen LogP contribution in [0.1, 0.15) is 90.9 Å². The Labute approximate surface area is 182 Å². The lowest BCUT2D eigenvalue weighted by Gasteiger charge is -2.34. The number of esters is 2. The molecule has 0 aromatic rings. The Balaban J connectivity index is 1.67. The highest BCUT2D eigenvalue weighted by molar-refractivity contribution is 5.86. The molecule has 0 radical (unpaired) electrons. The van der Waals surface area contributed by atoms with E-state index < -0.39 is 5.97 Å². The zero-order chi connectivity index (χ0) is 21.9. The highest BCUT2D eigenvalue weighted by atomic mass is 16.5. The number of hydrogen-bond acceptors (Lipinski definition) is 5. The number of aliphatic hydroxyl groups is 1. The van der Waals surface area contributed by atoms with E-state index in [2.05, 4.69) is 13.5 Å². The van der Waals surface area contributed by atoms with Gasteiger partial charge in [-0.1, -0.05) is 39.2 Å². The fraction of sp³-hybridized carbons (Fsp3) is 0.840. The lowest BCUT2D eigenvalue weighted by molar-refractivity contribution is -0.158. The van der Waals surface area contributed by atoms with Gasteiger partial charge in [-0.25, -0.2) is 4.79 Å². The Kier molecular flexibility index (Phi) is 10.9. The number of carbonyl (C=O) groups is 2. The summed E-state index contributed by atoms with van der Waals surface area (Å²) in [5.74, 6) is 0.701. The van der Waals surface area contributed by atoms with Crippen molar-refractivity contribution in [3.8, 4) is 0 Å². The summed E-state index contributed by atoms with van der Waals surface area (Å²) >= 11 is 0. The summed E-state index contributed by atoms with van der Waals surface area (Å²) in [6.45, 7) is 7.66. The van der Waals surface area contributed by atoms with Gasteiger partial charge in [-0.05, 0) is 70.1 Å². The Morgan fingerprint density at radius 1 is 1.03 bits per heavy atom. The van der Waals surface area contributed by atoms with Crippen LogP contribution in [0.25, 0.3) is 0 Å². The van der Waals surface area contributed by atoms with Crippen LogP contribution < -0.4 is 0 Å².